The van der Waals surface area contributed by atoms with E-state index in [-0.39, 0.29) is 5.54 Å². The Morgan fingerprint density at radius 3 is 2.29 bits per heavy atom. The Morgan fingerprint density at radius 2 is 1.75 bits per heavy atom. The standard InChI is InChI=1S/C20H26BrNOS/c1-22(2)20(16-5-7-17(21)8-6-16)13-11-19(23,12-14-20)10-9-18-4-3-15-24-18/h3-8,15,23H,9-14H2,1-2H3. The molecular formula is C20H26BrNOS. The van der Waals surface area contributed by atoms with Crippen molar-refractivity contribution >= 4 is 27.3 Å². The molecule has 4 heteroatoms. The van der Waals surface area contributed by atoms with Crippen molar-refractivity contribution in [3.05, 3.63) is 56.7 Å². The summed E-state index contributed by atoms with van der Waals surface area (Å²) in [5.74, 6) is 0. The van der Waals surface area contributed by atoms with Crippen LogP contribution in [0.2, 0.25) is 0 Å². The number of thiophene rings is 1. The van der Waals surface area contributed by atoms with Crippen molar-refractivity contribution in [1.29, 1.82) is 0 Å². The van der Waals surface area contributed by atoms with Gasteiger partial charge in [-0.1, -0.05) is 34.1 Å². The lowest BCUT2D eigenvalue weighted by molar-refractivity contribution is -0.0511. The minimum absolute atomic E-state index is 0.0376. The van der Waals surface area contributed by atoms with Crippen LogP contribution in [0.5, 0.6) is 0 Å². The maximum absolute atomic E-state index is 11.1. The lowest BCUT2D eigenvalue weighted by atomic mass is 9.69. The van der Waals surface area contributed by atoms with Crippen molar-refractivity contribution in [3.63, 3.8) is 0 Å². The maximum atomic E-state index is 11.1. The molecule has 24 heavy (non-hydrogen) atoms. The Hall–Kier alpha value is -0.680. The summed E-state index contributed by atoms with van der Waals surface area (Å²) in [6.07, 6.45) is 5.60. The van der Waals surface area contributed by atoms with Crippen LogP contribution in [-0.4, -0.2) is 29.7 Å². The van der Waals surface area contributed by atoms with E-state index in [2.05, 4.69) is 76.7 Å². The molecule has 0 aliphatic heterocycles. The minimum atomic E-state index is -0.515. The Morgan fingerprint density at radius 1 is 1.08 bits per heavy atom. The molecule has 0 amide bonds. The highest BCUT2D eigenvalue weighted by atomic mass is 79.9. The van der Waals surface area contributed by atoms with Gasteiger partial charge in [-0.15, -0.1) is 11.3 Å². The molecule has 3 rings (SSSR count). The first-order chi connectivity index (χ1) is 11.4. The molecule has 1 heterocycles. The molecule has 1 aromatic carbocycles. The van der Waals surface area contributed by atoms with Crippen LogP contribution in [0.3, 0.4) is 0 Å². The summed E-state index contributed by atoms with van der Waals surface area (Å²) < 4.78 is 1.11. The van der Waals surface area contributed by atoms with Gasteiger partial charge in [0.25, 0.3) is 0 Å². The number of rotatable bonds is 5. The Bertz CT molecular complexity index is 643. The summed E-state index contributed by atoms with van der Waals surface area (Å²) in [7, 11) is 4.33. The van der Waals surface area contributed by atoms with Crippen LogP contribution < -0.4 is 0 Å². The molecule has 0 atom stereocenters. The van der Waals surface area contributed by atoms with Gasteiger partial charge in [-0.3, -0.25) is 4.90 Å². The van der Waals surface area contributed by atoms with Gasteiger partial charge in [-0.2, -0.15) is 0 Å². The zero-order chi connectivity index (χ0) is 17.2. The number of benzene rings is 1. The van der Waals surface area contributed by atoms with Crippen molar-refractivity contribution in [1.82, 2.24) is 4.90 Å². The largest absolute Gasteiger partial charge is 0.390 e. The summed E-state index contributed by atoms with van der Waals surface area (Å²) in [4.78, 5) is 3.72. The molecule has 0 unspecified atom stereocenters. The molecule has 0 radical (unpaired) electrons. The third-order valence-electron chi connectivity index (χ3n) is 5.66. The van der Waals surface area contributed by atoms with Crippen molar-refractivity contribution in [3.8, 4) is 0 Å². The lowest BCUT2D eigenvalue weighted by Crippen LogP contribution is -2.49. The second-order valence-electron chi connectivity index (χ2n) is 7.24. The van der Waals surface area contributed by atoms with Gasteiger partial charge in [0.2, 0.25) is 0 Å². The fraction of sp³-hybridized carbons (Fsp3) is 0.500. The molecule has 130 valence electrons. The second-order valence-corrected chi connectivity index (χ2v) is 9.18. The van der Waals surface area contributed by atoms with Crippen LogP contribution in [0.25, 0.3) is 0 Å². The molecule has 1 N–H and O–H groups in total. The monoisotopic (exact) mass is 407 g/mol. The van der Waals surface area contributed by atoms with Crippen LogP contribution in [0.1, 0.15) is 42.5 Å². The second kappa shape index (κ2) is 7.28. The predicted molar refractivity (Wildman–Crippen MR) is 106 cm³/mol. The summed E-state index contributed by atoms with van der Waals surface area (Å²) in [6.45, 7) is 0. The zero-order valence-corrected chi connectivity index (χ0v) is 16.9. The van der Waals surface area contributed by atoms with E-state index in [0.717, 1.165) is 43.0 Å². The maximum Gasteiger partial charge on any atom is 0.0652 e. The van der Waals surface area contributed by atoms with E-state index in [1.54, 1.807) is 11.3 Å². The molecule has 1 saturated carbocycles. The van der Waals surface area contributed by atoms with E-state index in [1.807, 2.05) is 0 Å². The highest BCUT2D eigenvalue weighted by Gasteiger charge is 2.43. The van der Waals surface area contributed by atoms with E-state index in [9.17, 15) is 5.11 Å². The van der Waals surface area contributed by atoms with Gasteiger partial charge in [0.1, 0.15) is 0 Å². The van der Waals surface area contributed by atoms with Crippen LogP contribution >= 0.6 is 27.3 Å². The average Bonchev–Trinajstić information content (AvgIpc) is 3.08. The molecule has 1 fully saturated rings. The van der Waals surface area contributed by atoms with Gasteiger partial charge in [0.15, 0.2) is 0 Å². The Kier molecular flexibility index (Phi) is 5.50. The summed E-state index contributed by atoms with van der Waals surface area (Å²) in [5.41, 5.74) is 0.880. The van der Waals surface area contributed by atoms with Gasteiger partial charge in [-0.05, 0) is 81.8 Å². The summed E-state index contributed by atoms with van der Waals surface area (Å²) >= 11 is 5.32. The molecule has 1 aliphatic carbocycles. The normalized spacial score (nSPS) is 27.5. The first kappa shape index (κ1) is 18.1. The fourth-order valence-electron chi connectivity index (χ4n) is 3.94. The molecule has 2 nitrogen and oxygen atoms in total. The van der Waals surface area contributed by atoms with Gasteiger partial charge in [0, 0.05) is 14.9 Å². The smallest absolute Gasteiger partial charge is 0.0652 e. The SMILES string of the molecule is CN(C)C1(c2ccc(Br)cc2)CCC(O)(CCc2cccs2)CC1. The molecule has 2 aromatic rings. The van der Waals surface area contributed by atoms with Gasteiger partial charge >= 0.3 is 0 Å². The van der Waals surface area contributed by atoms with Crippen molar-refractivity contribution in [2.24, 2.45) is 0 Å². The molecule has 1 aromatic heterocycles. The van der Waals surface area contributed by atoms with E-state index in [1.165, 1.54) is 10.4 Å². The summed E-state index contributed by atoms with van der Waals surface area (Å²) in [5, 5.41) is 13.2. The van der Waals surface area contributed by atoms with E-state index in [4.69, 9.17) is 0 Å². The first-order valence-electron chi connectivity index (χ1n) is 8.62. The zero-order valence-electron chi connectivity index (χ0n) is 14.5. The van der Waals surface area contributed by atoms with Crippen molar-refractivity contribution < 1.29 is 5.11 Å². The number of hydrogen-bond acceptors (Lipinski definition) is 3. The average molecular weight is 408 g/mol. The van der Waals surface area contributed by atoms with Crippen molar-refractivity contribution in [2.45, 2.75) is 49.7 Å². The third-order valence-corrected chi connectivity index (χ3v) is 7.13. The topological polar surface area (TPSA) is 23.5 Å². The highest BCUT2D eigenvalue weighted by Crippen LogP contribution is 2.46. The Balaban J connectivity index is 1.71. The molecular weight excluding hydrogens is 382 g/mol. The van der Waals surface area contributed by atoms with Crippen LogP contribution in [0.15, 0.2) is 46.3 Å². The fourth-order valence-corrected chi connectivity index (χ4v) is 4.92. The van der Waals surface area contributed by atoms with E-state index >= 15 is 0 Å². The molecule has 0 spiro atoms. The van der Waals surface area contributed by atoms with Crippen molar-refractivity contribution in [2.75, 3.05) is 14.1 Å². The highest BCUT2D eigenvalue weighted by molar-refractivity contribution is 9.10. The predicted octanol–water partition coefficient (Wildman–Crippen LogP) is 5.21. The van der Waals surface area contributed by atoms with E-state index < -0.39 is 5.60 Å². The van der Waals surface area contributed by atoms with Crippen LogP contribution in [0.4, 0.5) is 0 Å². The first-order valence-corrected chi connectivity index (χ1v) is 10.3. The molecule has 1 aliphatic rings. The van der Waals surface area contributed by atoms with Gasteiger partial charge < -0.3 is 5.11 Å². The molecule has 0 saturated heterocycles. The minimum Gasteiger partial charge on any atom is -0.390 e. The number of aryl methyl sites for hydroxylation is 1. The lowest BCUT2D eigenvalue weighted by Gasteiger charge is -2.48. The quantitative estimate of drug-likeness (QED) is 0.735. The summed E-state index contributed by atoms with van der Waals surface area (Å²) in [6, 6.07) is 13.0. The molecule has 0 bridgehead atoms. The number of hydrogen-bond donors (Lipinski definition) is 1. The van der Waals surface area contributed by atoms with Crippen LogP contribution in [0, 0.1) is 0 Å². The number of aliphatic hydroxyl groups is 1. The van der Waals surface area contributed by atoms with Crippen LogP contribution in [-0.2, 0) is 12.0 Å². The number of nitrogens with zero attached hydrogens (tertiary/aromatic N) is 1. The Labute approximate surface area is 157 Å². The number of halogens is 1. The van der Waals surface area contributed by atoms with Gasteiger partial charge in [0.05, 0.1) is 5.60 Å². The third kappa shape index (κ3) is 3.77. The van der Waals surface area contributed by atoms with Gasteiger partial charge in [-0.25, -0.2) is 0 Å². The van der Waals surface area contributed by atoms with E-state index in [0.29, 0.717) is 0 Å².